The Morgan fingerprint density at radius 3 is 2.70 bits per heavy atom. The van der Waals surface area contributed by atoms with Crippen LogP contribution in [0.1, 0.15) is 6.42 Å². The van der Waals surface area contributed by atoms with Crippen molar-refractivity contribution in [3.8, 4) is 0 Å². The molecule has 0 saturated heterocycles. The Balaban J connectivity index is 0. The second kappa shape index (κ2) is 7.48. The summed E-state index contributed by atoms with van der Waals surface area (Å²) in [7, 11) is 2.55. The van der Waals surface area contributed by atoms with Gasteiger partial charge in [-0.3, -0.25) is 0 Å². The van der Waals surface area contributed by atoms with Crippen molar-refractivity contribution in [1.29, 1.82) is 0 Å². The molecule has 0 saturated carbocycles. The zero-order valence-electron chi connectivity index (χ0n) is 6.39. The minimum Gasteiger partial charge on any atom is -0.669 e. The van der Waals surface area contributed by atoms with E-state index in [1.807, 2.05) is 7.05 Å². The quantitative estimate of drug-likeness (QED) is 0.460. The summed E-state index contributed by atoms with van der Waals surface area (Å²) < 4.78 is 0. The van der Waals surface area contributed by atoms with Crippen molar-refractivity contribution in [2.75, 3.05) is 7.05 Å². The SMILES string of the molecule is C[N-][Si]C1=CC=CC1.[CH3-].[Ti+3]. The van der Waals surface area contributed by atoms with Gasteiger partial charge in [0.25, 0.3) is 0 Å². The second-order valence-corrected chi connectivity index (χ2v) is 2.97. The average Bonchev–Trinajstić information content (AvgIpc) is 2.19. The van der Waals surface area contributed by atoms with Crippen LogP contribution in [0.25, 0.3) is 4.98 Å². The van der Waals surface area contributed by atoms with E-state index in [9.17, 15) is 0 Å². The number of hydrogen-bond donors (Lipinski definition) is 0. The standard InChI is InChI=1S/C6H8NSi.CH3.Ti/c1-7-8-6-4-2-3-5-6;;/h2-4H,5H2,1H3;1H3;/q2*-1;+3. The first-order valence-corrected chi connectivity index (χ1v) is 3.59. The maximum atomic E-state index is 4.04. The Morgan fingerprint density at radius 1 is 1.60 bits per heavy atom. The maximum Gasteiger partial charge on any atom is 3.00 e. The molecule has 1 nitrogen and oxygen atoms in total. The van der Waals surface area contributed by atoms with Gasteiger partial charge in [-0.1, -0.05) is 27.9 Å². The minimum absolute atomic E-state index is 0. The molecule has 10 heavy (non-hydrogen) atoms. The smallest absolute Gasteiger partial charge is 0.669 e. The van der Waals surface area contributed by atoms with Crippen LogP contribution < -0.4 is 0 Å². The van der Waals surface area contributed by atoms with Crippen molar-refractivity contribution in [3.63, 3.8) is 0 Å². The summed E-state index contributed by atoms with van der Waals surface area (Å²) in [5, 5.41) is 1.45. The van der Waals surface area contributed by atoms with Gasteiger partial charge in [-0.2, -0.15) is 7.05 Å². The summed E-state index contributed by atoms with van der Waals surface area (Å²) in [6.45, 7) is 0. The van der Waals surface area contributed by atoms with E-state index in [2.05, 4.69) is 23.2 Å². The molecule has 0 N–H and O–H groups in total. The summed E-state index contributed by atoms with van der Waals surface area (Å²) in [6, 6.07) is 0. The molecule has 0 heterocycles. The molecule has 1 rings (SSSR count). The van der Waals surface area contributed by atoms with Crippen LogP contribution in [0, 0.1) is 7.43 Å². The molecule has 1 aliphatic rings. The average molecular weight is 185 g/mol. The first-order valence-electron chi connectivity index (χ1n) is 2.64. The molecule has 1 aliphatic carbocycles. The van der Waals surface area contributed by atoms with Crippen molar-refractivity contribution in [2.24, 2.45) is 0 Å². The molecule has 3 radical (unpaired) electrons. The fourth-order valence-corrected chi connectivity index (χ4v) is 1.34. The fourth-order valence-electron chi connectivity index (χ4n) is 0.674. The number of hydrogen-bond acceptors (Lipinski definition) is 0. The molecular weight excluding hydrogens is 174 g/mol. The summed E-state index contributed by atoms with van der Waals surface area (Å²) in [4.78, 5) is 4.04. The summed E-state index contributed by atoms with van der Waals surface area (Å²) in [6.07, 6.45) is 7.52. The van der Waals surface area contributed by atoms with Gasteiger partial charge in [0, 0.05) is 0 Å². The third kappa shape index (κ3) is 4.23. The van der Waals surface area contributed by atoms with E-state index in [0.717, 1.165) is 6.42 Å². The Hall–Kier alpha value is 0.371. The van der Waals surface area contributed by atoms with Gasteiger partial charge < -0.3 is 12.4 Å². The topological polar surface area (TPSA) is 14.1 Å². The van der Waals surface area contributed by atoms with Gasteiger partial charge in [-0.25, -0.2) is 0 Å². The third-order valence-corrected chi connectivity index (χ3v) is 1.91. The molecule has 0 bridgehead atoms. The molecule has 3 heteroatoms. The first-order chi connectivity index (χ1) is 3.93. The van der Waals surface area contributed by atoms with Crippen LogP contribution >= 0.6 is 0 Å². The molecule has 0 aromatic carbocycles. The van der Waals surface area contributed by atoms with E-state index in [-0.39, 0.29) is 29.1 Å². The summed E-state index contributed by atoms with van der Waals surface area (Å²) in [5.41, 5.74) is 0. The second-order valence-electron chi connectivity index (χ2n) is 1.66. The third-order valence-electron chi connectivity index (χ3n) is 1.03. The van der Waals surface area contributed by atoms with Crippen LogP contribution in [0.3, 0.4) is 0 Å². The van der Waals surface area contributed by atoms with Gasteiger partial charge in [0.15, 0.2) is 0 Å². The van der Waals surface area contributed by atoms with E-state index in [4.69, 9.17) is 0 Å². The van der Waals surface area contributed by atoms with Crippen LogP contribution in [0.4, 0.5) is 0 Å². The number of nitrogens with zero attached hydrogens (tertiary/aromatic N) is 1. The van der Waals surface area contributed by atoms with Gasteiger partial charge in [-0.05, 0) is 6.42 Å². The van der Waals surface area contributed by atoms with Gasteiger partial charge in [-0.15, -0.1) is 5.20 Å². The Bertz CT molecular complexity index is 132. The molecule has 0 aliphatic heterocycles. The maximum absolute atomic E-state index is 4.04. The predicted molar refractivity (Wildman–Crippen MR) is 43.3 cm³/mol. The molecule has 0 amide bonds. The van der Waals surface area contributed by atoms with E-state index in [0.29, 0.717) is 9.68 Å². The van der Waals surface area contributed by atoms with E-state index in [1.165, 1.54) is 5.20 Å². The normalized spacial score (nSPS) is 13.5. The van der Waals surface area contributed by atoms with Crippen LogP contribution in [0.2, 0.25) is 0 Å². The van der Waals surface area contributed by atoms with Crippen molar-refractivity contribution in [2.45, 2.75) is 6.42 Å². The number of rotatable bonds is 2. The molecule has 0 aromatic rings. The van der Waals surface area contributed by atoms with Crippen molar-refractivity contribution in [1.82, 2.24) is 0 Å². The molecule has 0 aromatic heterocycles. The Labute approximate surface area is 80.8 Å². The number of allylic oxidation sites excluding steroid dienone is 4. The Morgan fingerprint density at radius 2 is 2.30 bits per heavy atom. The van der Waals surface area contributed by atoms with Crippen molar-refractivity contribution < 1.29 is 21.7 Å². The largest absolute Gasteiger partial charge is 3.00 e. The van der Waals surface area contributed by atoms with Gasteiger partial charge in [0.2, 0.25) is 0 Å². The minimum atomic E-state index is 0. The van der Waals surface area contributed by atoms with Crippen LogP contribution in [0.15, 0.2) is 23.4 Å². The van der Waals surface area contributed by atoms with Gasteiger partial charge in [0.05, 0.1) is 0 Å². The monoisotopic (exact) mass is 185 g/mol. The molecule has 0 fully saturated rings. The van der Waals surface area contributed by atoms with E-state index in [1.54, 1.807) is 0 Å². The molecular formula is C7H11NSiTi+. The van der Waals surface area contributed by atoms with E-state index < -0.39 is 0 Å². The molecule has 0 spiro atoms. The van der Waals surface area contributed by atoms with Gasteiger partial charge >= 0.3 is 21.7 Å². The molecule has 0 atom stereocenters. The van der Waals surface area contributed by atoms with Crippen LogP contribution in [-0.2, 0) is 21.7 Å². The summed E-state index contributed by atoms with van der Waals surface area (Å²) >= 11 is 0. The van der Waals surface area contributed by atoms with Gasteiger partial charge in [0.1, 0.15) is 0 Å². The van der Waals surface area contributed by atoms with Crippen molar-refractivity contribution >= 4 is 9.68 Å². The fraction of sp³-hybridized carbons (Fsp3) is 0.286. The predicted octanol–water partition coefficient (Wildman–Crippen LogP) is 1.90. The summed E-state index contributed by atoms with van der Waals surface area (Å²) in [5.74, 6) is 0. The van der Waals surface area contributed by atoms with Crippen molar-refractivity contribution in [3.05, 3.63) is 35.8 Å². The first kappa shape index (κ1) is 13.0. The van der Waals surface area contributed by atoms with E-state index >= 15 is 0 Å². The van der Waals surface area contributed by atoms with Crippen LogP contribution in [-0.4, -0.2) is 16.7 Å². The molecule has 0 unspecified atom stereocenters. The Kier molecular flexibility index (Phi) is 9.72. The van der Waals surface area contributed by atoms with Crippen LogP contribution in [0.5, 0.6) is 0 Å². The zero-order chi connectivity index (χ0) is 5.82. The zero-order valence-corrected chi connectivity index (χ0v) is 8.95. The molecule has 51 valence electrons.